The summed E-state index contributed by atoms with van der Waals surface area (Å²) in [5.41, 5.74) is 1.31. The topological polar surface area (TPSA) is 50.1 Å². The van der Waals surface area contributed by atoms with E-state index in [1.807, 2.05) is 16.8 Å². The van der Waals surface area contributed by atoms with Gasteiger partial charge < -0.3 is 0 Å². The van der Waals surface area contributed by atoms with Gasteiger partial charge in [0.25, 0.3) is 0 Å². The predicted octanol–water partition coefficient (Wildman–Crippen LogP) is 2.05. The number of aryl methyl sites for hydroxylation is 1. The monoisotopic (exact) mass is 334 g/mol. The van der Waals surface area contributed by atoms with Gasteiger partial charge in [0.15, 0.2) is 5.82 Å². The highest BCUT2D eigenvalue weighted by Gasteiger charge is 2.19. The Balaban J connectivity index is 1.48. The minimum atomic E-state index is 0.795. The Morgan fingerprint density at radius 2 is 1.65 bits per heavy atom. The molecule has 0 atom stereocenters. The zero-order valence-corrected chi connectivity index (χ0v) is 14.3. The number of nitrogens with zero attached hydrogens (tertiary/aromatic N) is 6. The number of rotatable bonds is 6. The molecular formula is C16H23ClN6. The second-order valence-corrected chi connectivity index (χ2v) is 6.43. The molecule has 0 bridgehead atoms. The smallest absolute Gasteiger partial charge is 0.165 e. The number of hydrogen-bond acceptors (Lipinski definition) is 5. The van der Waals surface area contributed by atoms with Crippen molar-refractivity contribution in [3.05, 3.63) is 40.7 Å². The number of aromatic nitrogens is 4. The quantitative estimate of drug-likeness (QED) is 0.809. The summed E-state index contributed by atoms with van der Waals surface area (Å²) < 4.78 is 1.92. The lowest BCUT2D eigenvalue weighted by Crippen LogP contribution is -2.45. The fraction of sp³-hybridized carbons (Fsp3) is 0.562. The van der Waals surface area contributed by atoms with Gasteiger partial charge in [0.05, 0.1) is 6.54 Å². The van der Waals surface area contributed by atoms with Crippen LogP contribution in [0.25, 0.3) is 0 Å². The zero-order valence-electron chi connectivity index (χ0n) is 13.5. The van der Waals surface area contributed by atoms with Crippen molar-refractivity contribution in [3.63, 3.8) is 0 Å². The molecule has 0 spiro atoms. The molecule has 1 saturated heterocycles. The number of hydrogen-bond donors (Lipinski definition) is 0. The van der Waals surface area contributed by atoms with E-state index in [-0.39, 0.29) is 0 Å². The second kappa shape index (κ2) is 7.86. The third-order valence-corrected chi connectivity index (χ3v) is 4.44. The summed E-state index contributed by atoms with van der Waals surface area (Å²) in [5, 5.41) is 12.8. The van der Waals surface area contributed by atoms with Crippen LogP contribution in [0.3, 0.4) is 0 Å². The molecule has 0 radical (unpaired) electrons. The Hall–Kier alpha value is -1.50. The minimum absolute atomic E-state index is 0.795. The molecule has 1 fully saturated rings. The van der Waals surface area contributed by atoms with Crippen molar-refractivity contribution < 1.29 is 0 Å². The lowest BCUT2D eigenvalue weighted by Gasteiger charge is -2.34. The summed E-state index contributed by atoms with van der Waals surface area (Å²) in [6, 6.07) is 8.13. The normalized spacial score (nSPS) is 16.8. The molecular weight excluding hydrogens is 312 g/mol. The average molecular weight is 335 g/mol. The fourth-order valence-corrected chi connectivity index (χ4v) is 3.00. The van der Waals surface area contributed by atoms with Crippen molar-refractivity contribution >= 4 is 11.6 Å². The van der Waals surface area contributed by atoms with Gasteiger partial charge in [-0.25, -0.2) is 4.68 Å². The average Bonchev–Trinajstić information content (AvgIpc) is 2.99. The zero-order chi connectivity index (χ0) is 16.1. The van der Waals surface area contributed by atoms with Gasteiger partial charge >= 0.3 is 0 Å². The lowest BCUT2D eigenvalue weighted by atomic mass is 10.2. The largest absolute Gasteiger partial charge is 0.297 e. The summed E-state index contributed by atoms with van der Waals surface area (Å²) in [6.45, 7) is 9.08. The molecule has 1 aliphatic heterocycles. The first kappa shape index (κ1) is 16.4. The van der Waals surface area contributed by atoms with E-state index >= 15 is 0 Å². The molecule has 23 heavy (non-hydrogen) atoms. The van der Waals surface area contributed by atoms with E-state index in [1.54, 1.807) is 0 Å². The van der Waals surface area contributed by atoms with E-state index in [0.29, 0.717) is 0 Å². The van der Waals surface area contributed by atoms with Crippen LogP contribution in [0, 0.1) is 0 Å². The molecule has 1 aromatic heterocycles. The highest BCUT2D eigenvalue weighted by Crippen LogP contribution is 2.13. The standard InChI is InChI=1S/C16H23ClN6/c1-2-7-23-16(18-19-20-23)13-22-10-8-21(9-11-22)12-14-3-5-15(17)6-4-14/h3-6H,2,7-13H2,1H3. The number of tetrazole rings is 1. The summed E-state index contributed by atoms with van der Waals surface area (Å²) in [6.07, 6.45) is 1.05. The molecule has 0 amide bonds. The van der Waals surface area contributed by atoms with E-state index in [2.05, 4.69) is 44.4 Å². The van der Waals surface area contributed by atoms with Crippen molar-refractivity contribution in [2.75, 3.05) is 26.2 Å². The van der Waals surface area contributed by atoms with Crippen LogP contribution < -0.4 is 0 Å². The van der Waals surface area contributed by atoms with Crippen LogP contribution in [0.2, 0.25) is 5.02 Å². The number of piperazine rings is 1. The Bertz CT molecular complexity index is 603. The summed E-state index contributed by atoms with van der Waals surface area (Å²) in [4.78, 5) is 4.91. The summed E-state index contributed by atoms with van der Waals surface area (Å²) in [7, 11) is 0. The predicted molar refractivity (Wildman–Crippen MR) is 90.1 cm³/mol. The number of benzene rings is 1. The van der Waals surface area contributed by atoms with Crippen molar-refractivity contribution in [2.45, 2.75) is 33.0 Å². The van der Waals surface area contributed by atoms with Gasteiger partial charge in [-0.05, 0) is 34.5 Å². The van der Waals surface area contributed by atoms with Gasteiger partial charge in [-0.2, -0.15) is 0 Å². The molecule has 6 nitrogen and oxygen atoms in total. The molecule has 124 valence electrons. The second-order valence-electron chi connectivity index (χ2n) is 6.00. The first-order valence-electron chi connectivity index (χ1n) is 8.19. The third-order valence-electron chi connectivity index (χ3n) is 4.19. The molecule has 3 rings (SSSR count). The Labute approximate surface area is 142 Å². The van der Waals surface area contributed by atoms with Gasteiger partial charge in [0.2, 0.25) is 0 Å². The number of halogens is 1. The summed E-state index contributed by atoms with van der Waals surface area (Å²) >= 11 is 5.94. The van der Waals surface area contributed by atoms with E-state index < -0.39 is 0 Å². The third kappa shape index (κ3) is 4.50. The van der Waals surface area contributed by atoms with Gasteiger partial charge in [0.1, 0.15) is 0 Å². The Morgan fingerprint density at radius 3 is 2.30 bits per heavy atom. The van der Waals surface area contributed by atoms with Gasteiger partial charge in [0, 0.05) is 44.3 Å². The van der Waals surface area contributed by atoms with E-state index in [0.717, 1.165) is 63.1 Å². The molecule has 1 aromatic carbocycles. The molecule has 1 aliphatic rings. The SMILES string of the molecule is CCCn1nnnc1CN1CCN(Cc2ccc(Cl)cc2)CC1. The fourth-order valence-electron chi connectivity index (χ4n) is 2.88. The summed E-state index contributed by atoms with van der Waals surface area (Å²) in [5.74, 6) is 0.970. The van der Waals surface area contributed by atoms with E-state index in [9.17, 15) is 0 Å². The van der Waals surface area contributed by atoms with Crippen LogP contribution in [0.15, 0.2) is 24.3 Å². The van der Waals surface area contributed by atoms with Crippen molar-refractivity contribution in [3.8, 4) is 0 Å². The molecule has 2 heterocycles. The van der Waals surface area contributed by atoms with Crippen molar-refractivity contribution in [1.82, 2.24) is 30.0 Å². The molecule has 0 aliphatic carbocycles. The van der Waals surface area contributed by atoms with Gasteiger partial charge in [-0.15, -0.1) is 5.10 Å². The first-order chi connectivity index (χ1) is 11.2. The van der Waals surface area contributed by atoms with Crippen LogP contribution in [0.4, 0.5) is 0 Å². The van der Waals surface area contributed by atoms with Crippen molar-refractivity contribution in [2.24, 2.45) is 0 Å². The maximum absolute atomic E-state index is 5.94. The first-order valence-corrected chi connectivity index (χ1v) is 8.56. The molecule has 2 aromatic rings. The maximum Gasteiger partial charge on any atom is 0.165 e. The Kier molecular flexibility index (Phi) is 5.59. The minimum Gasteiger partial charge on any atom is -0.297 e. The molecule has 0 unspecified atom stereocenters. The highest BCUT2D eigenvalue weighted by atomic mass is 35.5. The van der Waals surface area contributed by atoms with Crippen LogP contribution in [-0.2, 0) is 19.6 Å². The van der Waals surface area contributed by atoms with E-state index in [1.165, 1.54) is 5.56 Å². The highest BCUT2D eigenvalue weighted by molar-refractivity contribution is 6.30. The van der Waals surface area contributed by atoms with Crippen LogP contribution in [0.1, 0.15) is 24.7 Å². The lowest BCUT2D eigenvalue weighted by molar-refractivity contribution is 0.118. The van der Waals surface area contributed by atoms with E-state index in [4.69, 9.17) is 11.6 Å². The maximum atomic E-state index is 5.94. The van der Waals surface area contributed by atoms with Crippen LogP contribution >= 0.6 is 11.6 Å². The van der Waals surface area contributed by atoms with Crippen molar-refractivity contribution in [1.29, 1.82) is 0 Å². The molecule has 0 saturated carbocycles. The van der Waals surface area contributed by atoms with Crippen LogP contribution in [0.5, 0.6) is 0 Å². The van der Waals surface area contributed by atoms with Crippen LogP contribution in [-0.4, -0.2) is 56.2 Å². The van der Waals surface area contributed by atoms with Gasteiger partial charge in [-0.1, -0.05) is 30.7 Å². The molecule has 7 heteroatoms. The van der Waals surface area contributed by atoms with Gasteiger partial charge in [-0.3, -0.25) is 9.80 Å². The Morgan fingerprint density at radius 1 is 1.00 bits per heavy atom. The molecule has 0 N–H and O–H groups in total.